The van der Waals surface area contributed by atoms with Gasteiger partial charge in [0.2, 0.25) is 5.91 Å². The maximum Gasteiger partial charge on any atom is 0.309 e. The second-order valence-electron chi connectivity index (χ2n) is 5.99. The third-order valence-electron chi connectivity index (χ3n) is 4.28. The minimum Gasteiger partial charge on any atom is -0.469 e. The molecule has 3 heterocycles. The molecule has 0 aromatic carbocycles. The lowest BCUT2D eigenvalue weighted by Crippen LogP contribution is -2.44. The van der Waals surface area contributed by atoms with Crippen LogP contribution in [0.2, 0.25) is 0 Å². The molecule has 1 atom stereocenters. The zero-order valence-corrected chi connectivity index (χ0v) is 14.1. The number of rotatable bonds is 5. The van der Waals surface area contributed by atoms with Crippen molar-refractivity contribution in [3.05, 3.63) is 24.0 Å². The Hall–Kier alpha value is -2.77. The molecule has 1 fully saturated rings. The highest BCUT2D eigenvalue weighted by Gasteiger charge is 2.24. The quantitative estimate of drug-likeness (QED) is 0.638. The Labute approximate surface area is 146 Å². The van der Waals surface area contributed by atoms with E-state index in [0.29, 0.717) is 18.9 Å². The van der Waals surface area contributed by atoms with Gasteiger partial charge in [0.05, 0.1) is 13.5 Å². The highest BCUT2D eigenvalue weighted by molar-refractivity contribution is 5.88. The summed E-state index contributed by atoms with van der Waals surface area (Å²) in [5.74, 6) is 1.06. The Balaban J connectivity index is 1.57. The van der Waals surface area contributed by atoms with Crippen LogP contribution in [0.25, 0.3) is 0 Å². The number of fused-ring (bicyclic) bond motifs is 1. The van der Waals surface area contributed by atoms with Crippen molar-refractivity contribution in [3.8, 4) is 0 Å². The highest BCUT2D eigenvalue weighted by atomic mass is 16.5. The molecule has 25 heavy (non-hydrogen) atoms. The molecule has 0 unspecified atom stereocenters. The average molecular weight is 343 g/mol. The predicted octanol–water partition coefficient (Wildman–Crippen LogP) is 1.26. The molecule has 3 rings (SSSR count). The van der Waals surface area contributed by atoms with Crippen LogP contribution in [-0.2, 0) is 20.7 Å². The number of esters is 1. The second kappa shape index (κ2) is 7.87. The van der Waals surface area contributed by atoms with Crippen molar-refractivity contribution in [2.24, 2.45) is 4.99 Å². The number of nitrogens with zero attached hydrogens (tertiary/aromatic N) is 4. The zero-order chi connectivity index (χ0) is 17.6. The van der Waals surface area contributed by atoms with E-state index in [9.17, 15) is 9.59 Å². The van der Waals surface area contributed by atoms with E-state index in [0.717, 1.165) is 30.6 Å². The molecule has 1 aromatic rings. The molecule has 1 saturated heterocycles. The van der Waals surface area contributed by atoms with Crippen molar-refractivity contribution in [1.82, 2.24) is 14.9 Å². The number of ether oxygens (including phenoxy) is 1. The van der Waals surface area contributed by atoms with Gasteiger partial charge in [0.1, 0.15) is 12.1 Å². The zero-order valence-electron chi connectivity index (χ0n) is 14.1. The summed E-state index contributed by atoms with van der Waals surface area (Å²) < 4.78 is 4.55. The molecule has 0 aliphatic carbocycles. The number of hydrogen-bond donors (Lipinski definition) is 1. The van der Waals surface area contributed by atoms with Crippen LogP contribution in [0.4, 0.5) is 11.6 Å². The van der Waals surface area contributed by atoms with E-state index < -0.39 is 0 Å². The number of carbonyl (C=O) groups excluding carboxylic acids is 2. The molecular weight excluding hydrogens is 322 g/mol. The summed E-state index contributed by atoms with van der Waals surface area (Å²) in [5, 5.41) is 3.43. The first-order valence-corrected chi connectivity index (χ1v) is 8.32. The fourth-order valence-electron chi connectivity index (χ4n) is 2.98. The van der Waals surface area contributed by atoms with Crippen LogP contribution in [-0.4, -0.2) is 59.2 Å². The average Bonchev–Trinajstić information content (AvgIpc) is 3.11. The number of amides is 1. The predicted molar refractivity (Wildman–Crippen MR) is 92.9 cm³/mol. The molecule has 2 aliphatic heterocycles. The van der Waals surface area contributed by atoms with Gasteiger partial charge in [-0.25, -0.2) is 15.0 Å². The third-order valence-corrected chi connectivity index (χ3v) is 4.28. The largest absolute Gasteiger partial charge is 0.469 e. The lowest BCUT2D eigenvalue weighted by atomic mass is 10.0. The van der Waals surface area contributed by atoms with Crippen molar-refractivity contribution in [1.29, 1.82) is 0 Å². The smallest absolute Gasteiger partial charge is 0.309 e. The molecule has 1 amide bonds. The summed E-state index contributed by atoms with van der Waals surface area (Å²) in [5.41, 5.74) is 1.00. The lowest BCUT2D eigenvalue weighted by Gasteiger charge is -2.33. The van der Waals surface area contributed by atoms with E-state index in [1.807, 2.05) is 6.21 Å². The van der Waals surface area contributed by atoms with Crippen molar-refractivity contribution < 1.29 is 14.3 Å². The third kappa shape index (κ3) is 4.20. The van der Waals surface area contributed by atoms with Gasteiger partial charge in [-0.2, -0.15) is 0 Å². The van der Waals surface area contributed by atoms with Gasteiger partial charge in [0, 0.05) is 37.3 Å². The number of anilines is 1. The second-order valence-corrected chi connectivity index (χ2v) is 5.99. The first-order valence-electron chi connectivity index (χ1n) is 8.32. The van der Waals surface area contributed by atoms with E-state index in [2.05, 4.69) is 25.0 Å². The SMILES string of the molecule is COC(=O)C/C=C/C(=O)N1CCC[C@@H](Nc2ncnc3c2CC=N3)C1. The van der Waals surface area contributed by atoms with Crippen LogP contribution in [0, 0.1) is 0 Å². The maximum atomic E-state index is 12.3. The summed E-state index contributed by atoms with van der Waals surface area (Å²) in [4.78, 5) is 37.8. The summed E-state index contributed by atoms with van der Waals surface area (Å²) >= 11 is 0. The van der Waals surface area contributed by atoms with Crippen molar-refractivity contribution in [2.45, 2.75) is 31.7 Å². The number of nitrogens with one attached hydrogen (secondary N) is 1. The summed E-state index contributed by atoms with van der Waals surface area (Å²) in [6, 6.07) is 0.131. The fourth-order valence-corrected chi connectivity index (χ4v) is 2.98. The minimum absolute atomic E-state index is 0.0911. The Morgan fingerprint density at radius 3 is 3.16 bits per heavy atom. The number of piperidine rings is 1. The Morgan fingerprint density at radius 1 is 1.44 bits per heavy atom. The van der Waals surface area contributed by atoms with Crippen LogP contribution in [0.1, 0.15) is 24.8 Å². The normalized spacial score (nSPS) is 19.1. The Kier molecular flexibility index (Phi) is 5.37. The van der Waals surface area contributed by atoms with Gasteiger partial charge in [0.15, 0.2) is 5.82 Å². The monoisotopic (exact) mass is 343 g/mol. The highest BCUT2D eigenvalue weighted by Crippen LogP contribution is 2.27. The number of methoxy groups -OCH3 is 1. The minimum atomic E-state index is -0.359. The molecular formula is C17H21N5O3. The van der Waals surface area contributed by atoms with Gasteiger partial charge in [-0.3, -0.25) is 9.59 Å². The number of hydrogen-bond acceptors (Lipinski definition) is 7. The van der Waals surface area contributed by atoms with Crippen molar-refractivity contribution in [2.75, 3.05) is 25.5 Å². The molecule has 0 spiro atoms. The molecule has 8 heteroatoms. The van der Waals surface area contributed by atoms with E-state index >= 15 is 0 Å². The molecule has 0 saturated carbocycles. The first kappa shape index (κ1) is 17.1. The van der Waals surface area contributed by atoms with Crippen molar-refractivity contribution in [3.63, 3.8) is 0 Å². The van der Waals surface area contributed by atoms with Crippen LogP contribution < -0.4 is 5.32 Å². The summed E-state index contributed by atoms with van der Waals surface area (Å²) in [6.07, 6.45) is 9.02. The van der Waals surface area contributed by atoms with Crippen LogP contribution in [0.15, 0.2) is 23.5 Å². The lowest BCUT2D eigenvalue weighted by molar-refractivity contribution is -0.139. The molecule has 8 nitrogen and oxygen atoms in total. The van der Waals surface area contributed by atoms with E-state index in [1.165, 1.54) is 19.5 Å². The van der Waals surface area contributed by atoms with Gasteiger partial charge in [-0.15, -0.1) is 0 Å². The van der Waals surface area contributed by atoms with E-state index in [1.54, 1.807) is 11.0 Å². The van der Waals surface area contributed by atoms with Gasteiger partial charge < -0.3 is 15.0 Å². The first-order chi connectivity index (χ1) is 12.2. The van der Waals surface area contributed by atoms with Gasteiger partial charge in [-0.1, -0.05) is 6.08 Å². The number of aromatic nitrogens is 2. The standard InChI is InChI=1S/C17H21N5O3/c1-25-15(24)6-2-5-14(23)22-9-3-4-12(10-22)21-17-13-7-8-18-16(13)19-11-20-17/h2,5,8,11-12H,3-4,6-7,9-10H2,1H3,(H,19,20,21)/b5-2+/t12-/m1/s1. The number of likely N-dealkylation sites (tertiary alicyclic amines) is 1. The van der Waals surface area contributed by atoms with Gasteiger partial charge >= 0.3 is 5.97 Å². The molecule has 1 N–H and O–H groups in total. The Morgan fingerprint density at radius 2 is 2.32 bits per heavy atom. The van der Waals surface area contributed by atoms with Crippen molar-refractivity contribution >= 4 is 29.7 Å². The molecule has 2 aliphatic rings. The van der Waals surface area contributed by atoms with Crippen LogP contribution in [0.5, 0.6) is 0 Å². The molecule has 0 radical (unpaired) electrons. The summed E-state index contributed by atoms with van der Waals surface area (Å²) in [6.45, 7) is 1.31. The van der Waals surface area contributed by atoms with Gasteiger partial charge in [0.25, 0.3) is 0 Å². The molecule has 132 valence electrons. The van der Waals surface area contributed by atoms with Gasteiger partial charge in [-0.05, 0) is 18.9 Å². The molecule has 0 bridgehead atoms. The number of aliphatic imine (C=N–C) groups is 1. The topological polar surface area (TPSA) is 96.8 Å². The van der Waals surface area contributed by atoms with E-state index in [-0.39, 0.29) is 24.3 Å². The van der Waals surface area contributed by atoms with Crippen LogP contribution in [0.3, 0.4) is 0 Å². The maximum absolute atomic E-state index is 12.3. The number of carbonyl (C=O) groups is 2. The van der Waals surface area contributed by atoms with Crippen LogP contribution >= 0.6 is 0 Å². The molecule has 1 aromatic heterocycles. The fraction of sp³-hybridized carbons (Fsp3) is 0.471. The Bertz CT molecular complexity index is 716. The van der Waals surface area contributed by atoms with E-state index in [4.69, 9.17) is 0 Å². The summed E-state index contributed by atoms with van der Waals surface area (Å²) in [7, 11) is 1.33.